The van der Waals surface area contributed by atoms with Crippen LogP contribution in [0, 0.1) is 5.82 Å². The molecule has 0 aliphatic carbocycles. The van der Waals surface area contributed by atoms with Crippen molar-refractivity contribution in [2.24, 2.45) is 5.84 Å². The highest BCUT2D eigenvalue weighted by molar-refractivity contribution is 5.95. The molecule has 1 aliphatic heterocycles. The molecule has 4 N–H and O–H groups in total. The number of allylic oxidation sites excluding steroid dienone is 2. The van der Waals surface area contributed by atoms with Crippen molar-refractivity contribution < 1.29 is 14.4 Å². The third-order valence-corrected chi connectivity index (χ3v) is 3.04. The Morgan fingerprint density at radius 3 is 2.95 bits per heavy atom. The Bertz CT molecular complexity index is 569. The van der Waals surface area contributed by atoms with Crippen molar-refractivity contribution in [3.63, 3.8) is 0 Å². The van der Waals surface area contributed by atoms with Gasteiger partial charge in [-0.1, -0.05) is 12.1 Å². The van der Waals surface area contributed by atoms with Crippen molar-refractivity contribution >= 4 is 11.5 Å². The lowest BCUT2D eigenvalue weighted by atomic mass is 9.95. The van der Waals surface area contributed by atoms with Gasteiger partial charge in [-0.05, 0) is 36.3 Å². The highest BCUT2D eigenvalue weighted by atomic mass is 19.1. The van der Waals surface area contributed by atoms with E-state index in [4.69, 9.17) is 5.84 Å². The van der Waals surface area contributed by atoms with Crippen LogP contribution < -0.4 is 11.3 Å². The first-order chi connectivity index (χ1) is 9.04. The van der Waals surface area contributed by atoms with E-state index in [1.807, 2.05) is 5.43 Å². The summed E-state index contributed by atoms with van der Waals surface area (Å²) < 4.78 is 13.5. The number of carbonyl (C=O) groups is 1. The topological polar surface area (TPSA) is 78.6 Å². The highest BCUT2D eigenvalue weighted by Gasteiger charge is 2.20. The van der Waals surface area contributed by atoms with Crippen LogP contribution in [0.3, 0.4) is 0 Å². The molecule has 0 spiro atoms. The van der Waals surface area contributed by atoms with Gasteiger partial charge in [0.2, 0.25) is 0 Å². The molecule has 1 heterocycles. The van der Waals surface area contributed by atoms with E-state index < -0.39 is 11.7 Å². The van der Waals surface area contributed by atoms with Crippen LogP contribution in [0.4, 0.5) is 4.39 Å². The molecular formula is C13H14FN3O2. The summed E-state index contributed by atoms with van der Waals surface area (Å²) in [6, 6.07) is 3.88. The first-order valence-electron chi connectivity index (χ1n) is 5.71. The summed E-state index contributed by atoms with van der Waals surface area (Å²) in [6.45, 7) is 1.79. The monoisotopic (exact) mass is 263 g/mol. The van der Waals surface area contributed by atoms with Gasteiger partial charge in [0.05, 0.1) is 11.6 Å². The molecule has 1 aromatic rings. The molecule has 5 nitrogen and oxygen atoms in total. The van der Waals surface area contributed by atoms with Gasteiger partial charge in [-0.15, -0.1) is 0 Å². The maximum Gasteiger partial charge on any atom is 0.268 e. The lowest BCUT2D eigenvalue weighted by molar-refractivity contribution is -0.0571. The van der Waals surface area contributed by atoms with Crippen molar-refractivity contribution in [3.8, 4) is 0 Å². The lowest BCUT2D eigenvalue weighted by Gasteiger charge is -2.26. The van der Waals surface area contributed by atoms with Crippen molar-refractivity contribution in [1.82, 2.24) is 10.5 Å². The van der Waals surface area contributed by atoms with Gasteiger partial charge in [0.25, 0.3) is 5.91 Å². The molecule has 1 atom stereocenters. The number of hydroxylamine groups is 2. The number of nitrogens with two attached hydrogens (primary N) is 1. The summed E-state index contributed by atoms with van der Waals surface area (Å²) in [5.74, 6) is 3.67. The summed E-state index contributed by atoms with van der Waals surface area (Å²) in [4.78, 5) is 11.4. The van der Waals surface area contributed by atoms with Crippen LogP contribution in [-0.2, 0) is 0 Å². The number of nitrogens with one attached hydrogen (secondary N) is 1. The van der Waals surface area contributed by atoms with Crippen LogP contribution in [0.25, 0.3) is 5.57 Å². The fourth-order valence-corrected chi connectivity index (χ4v) is 1.94. The summed E-state index contributed by atoms with van der Waals surface area (Å²) in [6.07, 6.45) is 4.99. The molecule has 0 radical (unpaired) electrons. The second-order valence-electron chi connectivity index (χ2n) is 4.19. The van der Waals surface area contributed by atoms with Crippen molar-refractivity contribution in [3.05, 3.63) is 53.5 Å². The van der Waals surface area contributed by atoms with Crippen LogP contribution in [-0.4, -0.2) is 22.2 Å². The van der Waals surface area contributed by atoms with E-state index in [2.05, 4.69) is 0 Å². The molecule has 6 heteroatoms. The largest absolute Gasteiger partial charge is 0.290 e. The second-order valence-corrected chi connectivity index (χ2v) is 4.19. The van der Waals surface area contributed by atoms with Gasteiger partial charge < -0.3 is 0 Å². The van der Waals surface area contributed by atoms with E-state index in [1.54, 1.807) is 25.1 Å². The Balaban J connectivity index is 2.44. The average molecular weight is 263 g/mol. The van der Waals surface area contributed by atoms with E-state index in [0.717, 1.165) is 10.6 Å². The van der Waals surface area contributed by atoms with Gasteiger partial charge in [0.15, 0.2) is 0 Å². The van der Waals surface area contributed by atoms with Gasteiger partial charge in [0.1, 0.15) is 5.82 Å². The van der Waals surface area contributed by atoms with Gasteiger partial charge in [0, 0.05) is 6.20 Å². The third-order valence-electron chi connectivity index (χ3n) is 3.04. The zero-order chi connectivity index (χ0) is 14.0. The van der Waals surface area contributed by atoms with Crippen LogP contribution in [0.5, 0.6) is 0 Å². The Morgan fingerprint density at radius 1 is 1.53 bits per heavy atom. The maximum atomic E-state index is 13.5. The third kappa shape index (κ3) is 2.49. The van der Waals surface area contributed by atoms with E-state index in [9.17, 15) is 14.4 Å². The van der Waals surface area contributed by atoms with Gasteiger partial charge in [-0.3, -0.25) is 20.5 Å². The Kier molecular flexibility index (Phi) is 3.64. The minimum atomic E-state index is -0.695. The molecule has 1 aliphatic rings. The second kappa shape index (κ2) is 5.21. The predicted octanol–water partition coefficient (Wildman–Crippen LogP) is 1.42. The Morgan fingerprint density at radius 2 is 2.26 bits per heavy atom. The van der Waals surface area contributed by atoms with Gasteiger partial charge >= 0.3 is 0 Å². The summed E-state index contributed by atoms with van der Waals surface area (Å²) in [5.41, 5.74) is 3.19. The first kappa shape index (κ1) is 13.3. The Labute approximate surface area is 109 Å². The summed E-state index contributed by atoms with van der Waals surface area (Å²) in [7, 11) is 0. The molecule has 0 bridgehead atoms. The molecular weight excluding hydrogens is 249 g/mol. The Hall–Kier alpha value is -2.18. The summed E-state index contributed by atoms with van der Waals surface area (Å²) in [5, 5.41) is 10.7. The van der Waals surface area contributed by atoms with Gasteiger partial charge in [-0.2, -0.15) is 0 Å². The molecule has 0 saturated heterocycles. The van der Waals surface area contributed by atoms with Crippen molar-refractivity contribution in [2.75, 3.05) is 0 Å². The van der Waals surface area contributed by atoms with E-state index in [1.165, 1.54) is 18.3 Å². The fraction of sp³-hybridized carbons (Fsp3) is 0.154. The number of amides is 1. The maximum absolute atomic E-state index is 13.5. The van der Waals surface area contributed by atoms with E-state index in [-0.39, 0.29) is 11.6 Å². The molecule has 1 aromatic carbocycles. The number of nitrogens with zero attached hydrogens (tertiary/aromatic N) is 1. The first-order valence-corrected chi connectivity index (χ1v) is 5.71. The summed E-state index contributed by atoms with van der Waals surface area (Å²) >= 11 is 0. The van der Waals surface area contributed by atoms with Crippen LogP contribution in [0.15, 0.2) is 36.6 Å². The molecule has 19 heavy (non-hydrogen) atoms. The molecule has 0 fully saturated rings. The molecule has 100 valence electrons. The fourth-order valence-electron chi connectivity index (χ4n) is 1.94. The lowest BCUT2D eigenvalue weighted by Crippen LogP contribution is -2.31. The molecule has 0 aromatic heterocycles. The van der Waals surface area contributed by atoms with Crippen LogP contribution in [0.2, 0.25) is 0 Å². The average Bonchev–Trinajstić information content (AvgIpc) is 2.42. The normalized spacial score (nSPS) is 18.2. The minimum Gasteiger partial charge on any atom is -0.290 e. The molecule has 1 amide bonds. The van der Waals surface area contributed by atoms with Crippen molar-refractivity contribution in [2.45, 2.75) is 13.0 Å². The molecule has 2 rings (SSSR count). The van der Waals surface area contributed by atoms with Crippen LogP contribution in [0.1, 0.15) is 22.8 Å². The number of rotatable bonds is 2. The number of hydrogen-bond donors (Lipinski definition) is 3. The number of nitrogen functional groups attached to an aromatic ring is 1. The van der Waals surface area contributed by atoms with Gasteiger partial charge in [-0.25, -0.2) is 10.2 Å². The standard InChI is InChI=1S/C13H14FN3O2/c1-8-10(3-2-6-17(8)19)9-4-5-12(14)11(7-9)13(18)16-15/h2-8,19H,15H2,1H3,(H,16,18). The molecule has 1 unspecified atom stereocenters. The SMILES string of the molecule is CC1C(c2ccc(F)c(C(=O)NN)c2)=CC=CN1O. The van der Waals surface area contributed by atoms with E-state index >= 15 is 0 Å². The van der Waals surface area contributed by atoms with Crippen molar-refractivity contribution in [1.29, 1.82) is 0 Å². The number of carbonyl (C=O) groups excluding carboxylic acids is 1. The zero-order valence-electron chi connectivity index (χ0n) is 10.3. The van der Waals surface area contributed by atoms with E-state index in [0.29, 0.717) is 5.56 Å². The van der Waals surface area contributed by atoms with Crippen LogP contribution >= 0.6 is 0 Å². The number of hydrogen-bond acceptors (Lipinski definition) is 4. The zero-order valence-corrected chi connectivity index (χ0v) is 10.3. The highest BCUT2D eigenvalue weighted by Crippen LogP contribution is 2.26. The predicted molar refractivity (Wildman–Crippen MR) is 68.3 cm³/mol. The smallest absolute Gasteiger partial charge is 0.268 e. The minimum absolute atomic E-state index is 0.132. The quantitative estimate of drug-likeness (QED) is 0.428. The molecule has 0 saturated carbocycles. The number of benzene rings is 1. The number of halogens is 1. The number of hydrazine groups is 1.